The quantitative estimate of drug-likeness (QED) is 0.795. The molecule has 0 aromatic heterocycles. The zero-order valence-corrected chi connectivity index (χ0v) is 12.5. The van der Waals surface area contributed by atoms with Gasteiger partial charge in [-0.1, -0.05) is 54.1 Å². The van der Waals surface area contributed by atoms with Crippen molar-refractivity contribution in [2.75, 3.05) is 13.2 Å². The highest BCUT2D eigenvalue weighted by atomic mass is 35.5. The molecule has 2 aromatic carbocycles. The molecule has 2 rings (SSSR count). The summed E-state index contributed by atoms with van der Waals surface area (Å²) in [5.41, 5.74) is 1.28. The van der Waals surface area contributed by atoms with Gasteiger partial charge in [0.05, 0.1) is 5.02 Å². The highest BCUT2D eigenvalue weighted by molar-refractivity contribution is 6.32. The van der Waals surface area contributed by atoms with Crippen LogP contribution in [0.25, 0.3) is 0 Å². The van der Waals surface area contributed by atoms with Crippen molar-refractivity contribution in [3.63, 3.8) is 0 Å². The Balaban J connectivity index is 1.63. The second-order valence-electron chi connectivity index (χ2n) is 4.66. The van der Waals surface area contributed by atoms with Gasteiger partial charge < -0.3 is 10.1 Å². The molecule has 0 saturated heterocycles. The predicted octanol–water partition coefficient (Wildman–Crippen LogP) is 3.47. The lowest BCUT2D eigenvalue weighted by Crippen LogP contribution is -2.29. The highest BCUT2D eigenvalue weighted by Crippen LogP contribution is 2.22. The van der Waals surface area contributed by atoms with E-state index < -0.39 is 0 Å². The number of aryl methyl sites for hydroxylation is 1. The van der Waals surface area contributed by atoms with E-state index in [1.165, 1.54) is 5.56 Å². The van der Waals surface area contributed by atoms with Gasteiger partial charge in [-0.05, 0) is 30.5 Å². The van der Waals surface area contributed by atoms with Gasteiger partial charge in [-0.25, -0.2) is 0 Å². The van der Waals surface area contributed by atoms with Crippen LogP contribution in [0.15, 0.2) is 54.6 Å². The number of nitrogens with one attached hydrogen (secondary N) is 1. The van der Waals surface area contributed by atoms with Gasteiger partial charge >= 0.3 is 0 Å². The second kappa shape index (κ2) is 8.32. The smallest absolute Gasteiger partial charge is 0.257 e. The molecular weight excluding hydrogens is 286 g/mol. The normalized spacial score (nSPS) is 10.1. The van der Waals surface area contributed by atoms with E-state index in [-0.39, 0.29) is 12.5 Å². The summed E-state index contributed by atoms with van der Waals surface area (Å²) in [4.78, 5) is 11.7. The van der Waals surface area contributed by atoms with Crippen LogP contribution in [0.2, 0.25) is 5.02 Å². The molecule has 0 aliphatic carbocycles. The average Bonchev–Trinajstić information content (AvgIpc) is 2.52. The van der Waals surface area contributed by atoms with Crippen LogP contribution >= 0.6 is 11.6 Å². The number of hydrogen-bond donors (Lipinski definition) is 1. The van der Waals surface area contributed by atoms with Crippen molar-refractivity contribution < 1.29 is 9.53 Å². The van der Waals surface area contributed by atoms with Crippen molar-refractivity contribution in [3.8, 4) is 5.75 Å². The summed E-state index contributed by atoms with van der Waals surface area (Å²) in [6.45, 7) is 0.620. The molecule has 0 atom stereocenters. The van der Waals surface area contributed by atoms with E-state index >= 15 is 0 Å². The fraction of sp³-hybridized carbons (Fsp3) is 0.235. The number of ether oxygens (including phenoxy) is 1. The molecule has 21 heavy (non-hydrogen) atoms. The lowest BCUT2D eigenvalue weighted by atomic mass is 10.1. The average molecular weight is 304 g/mol. The van der Waals surface area contributed by atoms with Crippen LogP contribution in [-0.2, 0) is 11.2 Å². The van der Waals surface area contributed by atoms with Gasteiger partial charge in [0, 0.05) is 6.54 Å². The minimum Gasteiger partial charge on any atom is -0.482 e. The number of rotatable bonds is 7. The minimum atomic E-state index is -0.136. The van der Waals surface area contributed by atoms with Crippen molar-refractivity contribution in [1.29, 1.82) is 0 Å². The van der Waals surface area contributed by atoms with E-state index in [1.807, 2.05) is 30.3 Å². The van der Waals surface area contributed by atoms with E-state index in [9.17, 15) is 4.79 Å². The summed E-state index contributed by atoms with van der Waals surface area (Å²) in [6.07, 6.45) is 1.86. The van der Waals surface area contributed by atoms with Crippen molar-refractivity contribution in [3.05, 3.63) is 65.2 Å². The Labute approximate surface area is 129 Å². The zero-order valence-electron chi connectivity index (χ0n) is 11.7. The van der Waals surface area contributed by atoms with Crippen LogP contribution in [0.5, 0.6) is 5.75 Å². The molecule has 4 heteroatoms. The Morgan fingerprint density at radius 3 is 2.52 bits per heavy atom. The topological polar surface area (TPSA) is 38.3 Å². The summed E-state index contributed by atoms with van der Waals surface area (Å²) in [5.74, 6) is 0.390. The Kier molecular flexibility index (Phi) is 6.10. The van der Waals surface area contributed by atoms with Crippen LogP contribution in [-0.4, -0.2) is 19.1 Å². The largest absolute Gasteiger partial charge is 0.482 e. The highest BCUT2D eigenvalue weighted by Gasteiger charge is 2.04. The molecule has 1 N–H and O–H groups in total. The molecule has 0 fully saturated rings. The molecule has 0 saturated carbocycles. The first-order chi connectivity index (χ1) is 10.3. The predicted molar refractivity (Wildman–Crippen MR) is 84.7 cm³/mol. The number of para-hydroxylation sites is 1. The standard InChI is InChI=1S/C17H18ClNO2/c18-15-10-4-5-11-16(15)21-13-17(20)19-12-6-9-14-7-2-1-3-8-14/h1-5,7-8,10-11H,6,9,12-13H2,(H,19,20). The maximum Gasteiger partial charge on any atom is 0.257 e. The summed E-state index contributed by atoms with van der Waals surface area (Å²) in [5, 5.41) is 3.34. The van der Waals surface area contributed by atoms with Crippen molar-refractivity contribution in [2.24, 2.45) is 0 Å². The molecule has 0 aliphatic heterocycles. The molecule has 110 valence electrons. The number of carbonyl (C=O) groups excluding carboxylic acids is 1. The van der Waals surface area contributed by atoms with Crippen LogP contribution < -0.4 is 10.1 Å². The lowest BCUT2D eigenvalue weighted by molar-refractivity contribution is -0.123. The first-order valence-corrected chi connectivity index (χ1v) is 7.31. The van der Waals surface area contributed by atoms with Crippen molar-refractivity contribution in [1.82, 2.24) is 5.32 Å². The van der Waals surface area contributed by atoms with Gasteiger partial charge in [0.2, 0.25) is 0 Å². The monoisotopic (exact) mass is 303 g/mol. The number of halogens is 1. The van der Waals surface area contributed by atoms with Crippen molar-refractivity contribution in [2.45, 2.75) is 12.8 Å². The van der Waals surface area contributed by atoms with E-state index in [0.29, 0.717) is 17.3 Å². The van der Waals surface area contributed by atoms with Crippen LogP contribution in [0.1, 0.15) is 12.0 Å². The van der Waals surface area contributed by atoms with Gasteiger partial charge in [0.15, 0.2) is 6.61 Å². The fourth-order valence-corrected chi connectivity index (χ4v) is 2.11. The third-order valence-corrected chi connectivity index (χ3v) is 3.31. The maximum absolute atomic E-state index is 11.7. The number of hydrogen-bond acceptors (Lipinski definition) is 2. The van der Waals surface area contributed by atoms with Crippen LogP contribution in [0.3, 0.4) is 0 Å². The van der Waals surface area contributed by atoms with Gasteiger partial charge in [0.25, 0.3) is 5.91 Å². The van der Waals surface area contributed by atoms with Gasteiger partial charge in [0.1, 0.15) is 5.75 Å². The van der Waals surface area contributed by atoms with Crippen LogP contribution in [0, 0.1) is 0 Å². The molecule has 1 amide bonds. The molecule has 0 heterocycles. The summed E-state index contributed by atoms with van der Waals surface area (Å²) in [7, 11) is 0. The molecular formula is C17H18ClNO2. The van der Waals surface area contributed by atoms with E-state index in [2.05, 4.69) is 17.4 Å². The molecule has 0 aliphatic rings. The second-order valence-corrected chi connectivity index (χ2v) is 5.07. The van der Waals surface area contributed by atoms with Gasteiger partial charge in [-0.3, -0.25) is 4.79 Å². The zero-order chi connectivity index (χ0) is 14.9. The summed E-state index contributed by atoms with van der Waals surface area (Å²) >= 11 is 5.95. The molecule has 2 aromatic rings. The molecule has 3 nitrogen and oxygen atoms in total. The Morgan fingerprint density at radius 1 is 1.05 bits per heavy atom. The number of benzene rings is 2. The van der Waals surface area contributed by atoms with E-state index in [1.54, 1.807) is 12.1 Å². The Hall–Kier alpha value is -2.00. The maximum atomic E-state index is 11.7. The van der Waals surface area contributed by atoms with Crippen molar-refractivity contribution >= 4 is 17.5 Å². The first kappa shape index (κ1) is 15.4. The molecule has 0 bridgehead atoms. The minimum absolute atomic E-state index is 0.0188. The van der Waals surface area contributed by atoms with Gasteiger partial charge in [-0.15, -0.1) is 0 Å². The Bertz CT molecular complexity index is 572. The number of carbonyl (C=O) groups is 1. The van der Waals surface area contributed by atoms with Gasteiger partial charge in [-0.2, -0.15) is 0 Å². The fourth-order valence-electron chi connectivity index (χ4n) is 1.92. The molecule has 0 spiro atoms. The third-order valence-electron chi connectivity index (χ3n) is 3.00. The SMILES string of the molecule is O=C(COc1ccccc1Cl)NCCCc1ccccc1. The van der Waals surface area contributed by atoms with E-state index in [0.717, 1.165) is 12.8 Å². The summed E-state index contributed by atoms with van der Waals surface area (Å²) in [6, 6.07) is 17.3. The lowest BCUT2D eigenvalue weighted by Gasteiger charge is -2.08. The Morgan fingerprint density at radius 2 is 1.76 bits per heavy atom. The van der Waals surface area contributed by atoms with Crippen LogP contribution in [0.4, 0.5) is 0 Å². The summed E-state index contributed by atoms with van der Waals surface area (Å²) < 4.78 is 5.37. The number of amides is 1. The molecule has 0 unspecified atom stereocenters. The third kappa shape index (κ3) is 5.48. The van der Waals surface area contributed by atoms with E-state index in [4.69, 9.17) is 16.3 Å². The molecule has 0 radical (unpaired) electrons. The first-order valence-electron chi connectivity index (χ1n) is 6.93.